The van der Waals surface area contributed by atoms with Crippen molar-refractivity contribution < 1.29 is 22.4 Å². The largest absolute Gasteiger partial charge is 0.468 e. The van der Waals surface area contributed by atoms with E-state index >= 15 is 0 Å². The molecule has 29 heavy (non-hydrogen) atoms. The Kier molecular flexibility index (Phi) is 6.10. The van der Waals surface area contributed by atoms with E-state index in [-0.39, 0.29) is 17.0 Å². The Morgan fingerprint density at radius 2 is 1.59 bits per heavy atom. The Bertz CT molecular complexity index is 1110. The molecule has 8 nitrogen and oxygen atoms in total. The average Bonchev–Trinajstić information content (AvgIpc) is 3.24. The van der Waals surface area contributed by atoms with Gasteiger partial charge in [-0.1, -0.05) is 18.2 Å². The molecule has 0 spiro atoms. The van der Waals surface area contributed by atoms with E-state index in [2.05, 4.69) is 15.6 Å². The maximum atomic E-state index is 12.3. The van der Waals surface area contributed by atoms with Gasteiger partial charge in [0.05, 0.1) is 17.7 Å². The molecule has 1 heterocycles. The zero-order chi connectivity index (χ0) is 20.9. The Labute approximate surface area is 168 Å². The van der Waals surface area contributed by atoms with Crippen LogP contribution in [0.1, 0.15) is 32.0 Å². The van der Waals surface area contributed by atoms with Crippen LogP contribution in [0.2, 0.25) is 0 Å². The highest BCUT2D eigenvalue weighted by atomic mass is 32.2. The lowest BCUT2D eigenvalue weighted by atomic mass is 10.1. The number of carbonyl (C=O) groups is 2. The number of hydrogen-bond acceptors (Lipinski definition) is 5. The number of nitrogens with one attached hydrogen (secondary N) is 3. The van der Waals surface area contributed by atoms with Gasteiger partial charge in [-0.05, 0) is 55.0 Å². The maximum Gasteiger partial charge on any atom is 0.269 e. The molecule has 1 aromatic heterocycles. The predicted molar refractivity (Wildman–Crippen MR) is 105 cm³/mol. The number of sulfonamides is 1. The zero-order valence-corrected chi connectivity index (χ0v) is 16.3. The molecule has 3 rings (SSSR count). The highest BCUT2D eigenvalue weighted by molar-refractivity contribution is 7.89. The number of amides is 2. The van der Waals surface area contributed by atoms with Gasteiger partial charge in [0.1, 0.15) is 5.76 Å². The van der Waals surface area contributed by atoms with Crippen LogP contribution >= 0.6 is 0 Å². The number of aryl methyl sites for hydroxylation is 1. The third-order valence-corrected chi connectivity index (χ3v) is 5.54. The van der Waals surface area contributed by atoms with Gasteiger partial charge in [0, 0.05) is 11.1 Å². The van der Waals surface area contributed by atoms with Gasteiger partial charge in [-0.3, -0.25) is 20.4 Å². The van der Waals surface area contributed by atoms with Crippen molar-refractivity contribution >= 4 is 21.8 Å². The average molecular weight is 413 g/mol. The number of carbonyl (C=O) groups excluding carboxylic acids is 2. The van der Waals surface area contributed by atoms with Crippen molar-refractivity contribution in [1.82, 2.24) is 15.6 Å². The zero-order valence-electron chi connectivity index (χ0n) is 15.5. The van der Waals surface area contributed by atoms with E-state index in [1.807, 2.05) is 6.07 Å². The smallest absolute Gasteiger partial charge is 0.269 e. The van der Waals surface area contributed by atoms with Crippen LogP contribution in [0.4, 0.5) is 0 Å². The Hall–Kier alpha value is -3.43. The Morgan fingerprint density at radius 1 is 0.897 bits per heavy atom. The summed E-state index contributed by atoms with van der Waals surface area (Å²) in [5, 5.41) is 0. The van der Waals surface area contributed by atoms with Crippen LogP contribution in [0.3, 0.4) is 0 Å². The van der Waals surface area contributed by atoms with E-state index < -0.39 is 21.8 Å². The third-order valence-electron chi connectivity index (χ3n) is 4.12. The number of hydrogen-bond donors (Lipinski definition) is 3. The SMILES string of the molecule is Cc1ccccc1C(=O)NNC(=O)c1ccc(S(=O)(=O)NCc2ccco2)cc1. The van der Waals surface area contributed by atoms with E-state index in [9.17, 15) is 18.0 Å². The molecule has 0 radical (unpaired) electrons. The molecule has 0 bridgehead atoms. The minimum Gasteiger partial charge on any atom is -0.468 e. The normalized spacial score (nSPS) is 11.1. The molecule has 0 saturated heterocycles. The number of rotatable bonds is 6. The maximum absolute atomic E-state index is 12.3. The number of benzene rings is 2. The summed E-state index contributed by atoms with van der Waals surface area (Å²) >= 11 is 0. The molecule has 3 aromatic rings. The van der Waals surface area contributed by atoms with Gasteiger partial charge in [0.2, 0.25) is 10.0 Å². The number of furan rings is 1. The van der Waals surface area contributed by atoms with Crippen molar-refractivity contribution in [3.8, 4) is 0 Å². The molecule has 0 fully saturated rings. The lowest BCUT2D eigenvalue weighted by molar-refractivity contribution is 0.0846. The summed E-state index contributed by atoms with van der Waals surface area (Å²) in [5.74, 6) is -0.536. The first-order valence-electron chi connectivity index (χ1n) is 8.65. The quantitative estimate of drug-likeness (QED) is 0.535. The predicted octanol–water partition coefficient (Wildman–Crippen LogP) is 2.14. The third kappa shape index (κ3) is 5.09. The van der Waals surface area contributed by atoms with Crippen LogP contribution in [0, 0.1) is 6.92 Å². The molecule has 0 unspecified atom stereocenters. The summed E-state index contributed by atoms with van der Waals surface area (Å²) in [6.45, 7) is 1.80. The van der Waals surface area contributed by atoms with Crippen molar-refractivity contribution in [3.05, 3.63) is 89.4 Å². The first-order valence-corrected chi connectivity index (χ1v) is 10.1. The molecule has 2 amide bonds. The lowest BCUT2D eigenvalue weighted by Crippen LogP contribution is -2.41. The molecule has 0 aliphatic heterocycles. The summed E-state index contributed by atoms with van der Waals surface area (Å²) in [7, 11) is -3.76. The first-order chi connectivity index (χ1) is 13.9. The second-order valence-corrected chi connectivity index (χ2v) is 7.92. The van der Waals surface area contributed by atoms with Crippen LogP contribution in [0.25, 0.3) is 0 Å². The summed E-state index contributed by atoms with van der Waals surface area (Å²) in [5.41, 5.74) is 6.06. The van der Waals surface area contributed by atoms with E-state index in [0.29, 0.717) is 11.3 Å². The monoisotopic (exact) mass is 413 g/mol. The molecule has 0 aliphatic rings. The molecule has 2 aromatic carbocycles. The van der Waals surface area contributed by atoms with Crippen molar-refractivity contribution in [2.75, 3.05) is 0 Å². The van der Waals surface area contributed by atoms with Gasteiger partial charge in [0.15, 0.2) is 0 Å². The molecule has 0 saturated carbocycles. The van der Waals surface area contributed by atoms with E-state index in [4.69, 9.17) is 4.42 Å². The van der Waals surface area contributed by atoms with Crippen molar-refractivity contribution in [2.24, 2.45) is 0 Å². The van der Waals surface area contributed by atoms with E-state index in [1.165, 1.54) is 30.5 Å². The van der Waals surface area contributed by atoms with Crippen molar-refractivity contribution in [2.45, 2.75) is 18.4 Å². The van der Waals surface area contributed by atoms with Gasteiger partial charge < -0.3 is 4.42 Å². The van der Waals surface area contributed by atoms with Gasteiger partial charge >= 0.3 is 0 Å². The standard InChI is InChI=1S/C20H19N3O5S/c1-14-5-2-3-7-18(14)20(25)23-22-19(24)15-8-10-17(11-9-15)29(26,27)21-13-16-6-4-12-28-16/h2-12,21H,13H2,1H3,(H,22,24)(H,23,25). The minimum atomic E-state index is -3.76. The lowest BCUT2D eigenvalue weighted by Gasteiger charge is -2.10. The van der Waals surface area contributed by atoms with Crippen LogP contribution in [-0.2, 0) is 16.6 Å². The van der Waals surface area contributed by atoms with Gasteiger partial charge in [0.25, 0.3) is 11.8 Å². The molecule has 150 valence electrons. The fraction of sp³-hybridized carbons (Fsp3) is 0.100. The first kappa shape index (κ1) is 20.3. The Balaban J connectivity index is 1.59. The van der Waals surface area contributed by atoms with Crippen LogP contribution in [0.5, 0.6) is 0 Å². The Morgan fingerprint density at radius 3 is 2.24 bits per heavy atom. The molecular formula is C20H19N3O5S. The van der Waals surface area contributed by atoms with Crippen LogP contribution in [-0.4, -0.2) is 20.2 Å². The van der Waals surface area contributed by atoms with E-state index in [1.54, 1.807) is 37.3 Å². The molecular weight excluding hydrogens is 394 g/mol. The second-order valence-electron chi connectivity index (χ2n) is 6.15. The molecule has 3 N–H and O–H groups in total. The summed E-state index contributed by atoms with van der Waals surface area (Å²) < 4.78 is 32.1. The van der Waals surface area contributed by atoms with Gasteiger partial charge in [-0.25, -0.2) is 13.1 Å². The fourth-order valence-electron chi connectivity index (χ4n) is 2.53. The van der Waals surface area contributed by atoms with Crippen LogP contribution in [0.15, 0.2) is 76.2 Å². The highest BCUT2D eigenvalue weighted by Gasteiger charge is 2.16. The molecule has 0 atom stereocenters. The summed E-state index contributed by atoms with van der Waals surface area (Å²) in [6.07, 6.45) is 1.45. The minimum absolute atomic E-state index is 0.00421. The van der Waals surface area contributed by atoms with Crippen molar-refractivity contribution in [3.63, 3.8) is 0 Å². The van der Waals surface area contributed by atoms with E-state index in [0.717, 1.165) is 5.56 Å². The second kappa shape index (κ2) is 8.72. The number of hydrazine groups is 1. The fourth-order valence-corrected chi connectivity index (χ4v) is 3.52. The molecule has 0 aliphatic carbocycles. The summed E-state index contributed by atoms with van der Waals surface area (Å²) in [4.78, 5) is 24.3. The highest BCUT2D eigenvalue weighted by Crippen LogP contribution is 2.12. The summed E-state index contributed by atoms with van der Waals surface area (Å²) in [6, 6.07) is 15.6. The van der Waals surface area contributed by atoms with Gasteiger partial charge in [-0.2, -0.15) is 0 Å². The van der Waals surface area contributed by atoms with Crippen molar-refractivity contribution in [1.29, 1.82) is 0 Å². The van der Waals surface area contributed by atoms with Gasteiger partial charge in [-0.15, -0.1) is 0 Å². The van der Waals surface area contributed by atoms with Crippen LogP contribution < -0.4 is 15.6 Å². The molecule has 9 heteroatoms. The topological polar surface area (TPSA) is 118 Å².